The van der Waals surface area contributed by atoms with Crippen LogP contribution in [-0.2, 0) is 21.7 Å². The second-order valence-corrected chi connectivity index (χ2v) is 4.85. The molecule has 2 aromatic rings. The Bertz CT molecular complexity index is 570. The summed E-state index contributed by atoms with van der Waals surface area (Å²) in [5.74, 6) is -1.33. The summed E-state index contributed by atoms with van der Waals surface area (Å²) in [5.41, 5.74) is 2.42. The van der Waals surface area contributed by atoms with Crippen LogP contribution in [0.4, 0.5) is 20.2 Å². The number of hydrogen-bond donors (Lipinski definition) is 0. The smallest absolute Gasteiger partial charge is 0.0365 e. The normalized spacial score (nSPS) is 10.1. The number of halogens is 2. The average molecular weight is 322 g/mol. The summed E-state index contributed by atoms with van der Waals surface area (Å²) in [6.45, 7) is 4.78. The summed E-state index contributed by atoms with van der Waals surface area (Å²) >= 11 is 0. The van der Waals surface area contributed by atoms with Crippen LogP contribution in [0, 0.1) is 24.6 Å². The van der Waals surface area contributed by atoms with Crippen LogP contribution in [0.5, 0.6) is 0 Å². The van der Waals surface area contributed by atoms with Crippen LogP contribution in [0.15, 0.2) is 36.4 Å². The molecule has 0 atom stereocenters. The maximum Gasteiger partial charge on any atom is 0.0365 e. The second-order valence-electron chi connectivity index (χ2n) is 4.85. The van der Waals surface area contributed by atoms with Crippen molar-refractivity contribution in [3.63, 3.8) is 0 Å². The van der Waals surface area contributed by atoms with Crippen LogP contribution >= 0.6 is 0 Å². The van der Waals surface area contributed by atoms with Crippen LogP contribution in [-0.4, -0.2) is 6.54 Å². The second kappa shape index (κ2) is 8.30. The molecule has 0 aromatic heterocycles. The Balaban J connectivity index is 0.00000220. The first kappa shape index (κ1) is 17.9. The van der Waals surface area contributed by atoms with E-state index in [4.69, 9.17) is 0 Å². The summed E-state index contributed by atoms with van der Waals surface area (Å²) in [5, 5.41) is 0. The van der Waals surface area contributed by atoms with Gasteiger partial charge in [-0.1, -0.05) is 31.0 Å². The summed E-state index contributed by atoms with van der Waals surface area (Å²) in [6, 6.07) is 12.7. The average Bonchev–Trinajstić information content (AvgIpc) is 2.42. The zero-order valence-corrected chi connectivity index (χ0v) is 13.9. The number of nitrogens with zero attached hydrogens (tertiary/aromatic N) is 1. The van der Waals surface area contributed by atoms with Gasteiger partial charge in [0.15, 0.2) is 0 Å². The van der Waals surface area contributed by atoms with Crippen molar-refractivity contribution < 1.29 is 30.5 Å². The fourth-order valence-electron chi connectivity index (χ4n) is 2.07. The third-order valence-electron chi connectivity index (χ3n) is 3.21. The first-order valence-corrected chi connectivity index (χ1v) is 6.83. The first-order chi connectivity index (χ1) is 9.61. The third kappa shape index (κ3) is 4.65. The van der Waals surface area contributed by atoms with Gasteiger partial charge in [-0.2, -0.15) is 0 Å². The van der Waals surface area contributed by atoms with E-state index < -0.39 is 11.6 Å². The molecule has 21 heavy (non-hydrogen) atoms. The molecule has 0 saturated carbocycles. The molecule has 2 rings (SSSR count). The van der Waals surface area contributed by atoms with Crippen molar-refractivity contribution in [1.29, 1.82) is 0 Å². The van der Waals surface area contributed by atoms with E-state index in [1.54, 1.807) is 0 Å². The van der Waals surface area contributed by atoms with E-state index in [0.29, 0.717) is 12.2 Å². The Morgan fingerprint density at radius 1 is 1.05 bits per heavy atom. The van der Waals surface area contributed by atoms with Crippen molar-refractivity contribution in [2.24, 2.45) is 0 Å². The Morgan fingerprint density at radius 3 is 2.29 bits per heavy atom. The van der Waals surface area contributed by atoms with Crippen molar-refractivity contribution >= 4 is 11.4 Å². The van der Waals surface area contributed by atoms with Crippen molar-refractivity contribution in [3.05, 3.63) is 59.7 Å². The molecule has 0 bridgehead atoms. The molecule has 0 heterocycles. The van der Waals surface area contributed by atoms with E-state index in [9.17, 15) is 8.78 Å². The predicted octanol–water partition coefficient (Wildman–Crippen LogP) is 5.01. The van der Waals surface area contributed by atoms with Crippen LogP contribution in [0.25, 0.3) is 0 Å². The number of aryl methyl sites for hydroxylation is 1. The molecule has 2 aromatic carbocycles. The van der Waals surface area contributed by atoms with Gasteiger partial charge >= 0.3 is 0 Å². The Hall–Kier alpha value is -1.19. The van der Waals surface area contributed by atoms with E-state index in [-0.39, 0.29) is 21.7 Å². The van der Waals surface area contributed by atoms with Gasteiger partial charge in [0, 0.05) is 45.6 Å². The van der Waals surface area contributed by atoms with Crippen molar-refractivity contribution in [1.82, 2.24) is 0 Å². The van der Waals surface area contributed by atoms with E-state index in [2.05, 4.69) is 13.0 Å². The van der Waals surface area contributed by atoms with Gasteiger partial charge in [0.25, 0.3) is 0 Å². The van der Waals surface area contributed by atoms with Gasteiger partial charge in [-0.05, 0) is 31.2 Å². The molecule has 0 spiro atoms. The van der Waals surface area contributed by atoms with Gasteiger partial charge in [-0.25, -0.2) is 8.78 Å². The summed E-state index contributed by atoms with van der Waals surface area (Å²) in [6.07, 6.45) is 1.94. The molecule has 0 radical (unpaired) electrons. The molecule has 1 nitrogen and oxygen atoms in total. The fourth-order valence-corrected chi connectivity index (χ4v) is 2.07. The molecular weight excluding hydrogens is 304 g/mol. The fraction of sp³-hybridized carbons (Fsp3) is 0.294. The zero-order valence-electron chi connectivity index (χ0n) is 12.3. The molecule has 0 saturated heterocycles. The molecule has 0 unspecified atom stereocenters. The molecule has 4 heteroatoms. The molecule has 0 aliphatic rings. The van der Waals surface area contributed by atoms with Crippen LogP contribution in [0.1, 0.15) is 25.3 Å². The van der Waals surface area contributed by atoms with Crippen molar-refractivity contribution in [2.75, 3.05) is 11.4 Å². The minimum Gasteiger partial charge on any atom is -0.392 e. The minimum atomic E-state index is -0.675. The van der Waals surface area contributed by atoms with Gasteiger partial charge in [0.05, 0.1) is 0 Å². The van der Waals surface area contributed by atoms with Crippen LogP contribution < -0.4 is 4.90 Å². The number of rotatable bonds is 5. The monoisotopic (exact) mass is 322 g/mol. The van der Waals surface area contributed by atoms with Crippen LogP contribution in [0.3, 0.4) is 0 Å². The maximum absolute atomic E-state index is 14.0. The van der Waals surface area contributed by atoms with E-state index in [1.807, 2.05) is 36.1 Å². The standard InChI is InChI=1S/C17H18F2N.Ti/c1-3-4-11-20(15-8-5-13(2)6-9-15)17-10-7-14(18)12-16(17)19;/h5-10H,3-4,11H2,1-2H3;/q-1;. The van der Waals surface area contributed by atoms with Gasteiger partial charge in [0.1, 0.15) is 0 Å². The molecule has 0 N–H and O–H groups in total. The number of benzene rings is 2. The Morgan fingerprint density at radius 2 is 1.71 bits per heavy atom. The van der Waals surface area contributed by atoms with Crippen LogP contribution in [0.2, 0.25) is 0 Å². The molecule has 0 aliphatic carbocycles. The Kier molecular flexibility index (Phi) is 7.06. The van der Waals surface area contributed by atoms with Crippen molar-refractivity contribution in [2.45, 2.75) is 26.7 Å². The predicted molar refractivity (Wildman–Crippen MR) is 78.3 cm³/mol. The van der Waals surface area contributed by atoms with Gasteiger partial charge in [-0.15, -0.1) is 18.2 Å². The SMILES string of the molecule is CCCCN(c1ccc(C)cc1)c1ccc(F)[c-]c1F.[Ti]. The van der Waals surface area contributed by atoms with E-state index >= 15 is 0 Å². The molecule has 0 fully saturated rings. The topological polar surface area (TPSA) is 3.24 Å². The number of hydrogen-bond acceptors (Lipinski definition) is 1. The van der Waals surface area contributed by atoms with Gasteiger partial charge in [0.2, 0.25) is 0 Å². The number of unbranched alkanes of at least 4 members (excludes halogenated alkanes) is 1. The maximum atomic E-state index is 14.0. The number of anilines is 2. The van der Waals surface area contributed by atoms with Gasteiger partial charge < -0.3 is 4.90 Å². The van der Waals surface area contributed by atoms with E-state index in [0.717, 1.165) is 24.1 Å². The molecule has 110 valence electrons. The zero-order chi connectivity index (χ0) is 14.5. The third-order valence-corrected chi connectivity index (χ3v) is 3.21. The van der Waals surface area contributed by atoms with Gasteiger partial charge in [-0.3, -0.25) is 0 Å². The van der Waals surface area contributed by atoms with Crippen molar-refractivity contribution in [3.8, 4) is 0 Å². The minimum absolute atomic E-state index is 0. The van der Waals surface area contributed by atoms with E-state index in [1.165, 1.54) is 12.1 Å². The Labute approximate surface area is 139 Å². The summed E-state index contributed by atoms with van der Waals surface area (Å²) in [4.78, 5) is 1.87. The first-order valence-electron chi connectivity index (χ1n) is 6.83. The quantitative estimate of drug-likeness (QED) is 0.552. The molecule has 0 amide bonds. The largest absolute Gasteiger partial charge is 0.392 e. The summed E-state index contributed by atoms with van der Waals surface area (Å²) in [7, 11) is 0. The summed E-state index contributed by atoms with van der Waals surface area (Å²) < 4.78 is 27.0. The molecule has 0 aliphatic heterocycles. The molecular formula is C17H18F2NTi-.